The van der Waals surface area contributed by atoms with E-state index < -0.39 is 0 Å². The second-order valence-corrected chi connectivity index (χ2v) is 5.87. The fraction of sp³-hybridized carbons (Fsp3) is 0.571. The first-order chi connectivity index (χ1) is 8.03. The van der Waals surface area contributed by atoms with Crippen molar-refractivity contribution in [1.82, 2.24) is 0 Å². The van der Waals surface area contributed by atoms with Crippen molar-refractivity contribution in [3.05, 3.63) is 30.3 Å². The van der Waals surface area contributed by atoms with E-state index >= 15 is 0 Å². The lowest BCUT2D eigenvalue weighted by atomic mass is 10.0. The number of hydrogen-bond acceptors (Lipinski definition) is 3. The first kappa shape index (κ1) is 14.6. The second kappa shape index (κ2) is 7.04. The maximum absolute atomic E-state index is 9.89. The summed E-state index contributed by atoms with van der Waals surface area (Å²) in [5, 5.41) is 9.89. The number of thioether (sulfide) groups is 1. The molecule has 0 spiro atoms. The zero-order chi connectivity index (χ0) is 12.7. The molecular weight excluding hydrogens is 232 g/mol. The highest BCUT2D eigenvalue weighted by Gasteiger charge is 2.18. The Kier molecular flexibility index (Phi) is 6.03. The molecule has 0 fully saturated rings. The van der Waals surface area contributed by atoms with Crippen LogP contribution in [-0.2, 0) is 4.74 Å². The van der Waals surface area contributed by atoms with Crippen LogP contribution in [0.2, 0.25) is 0 Å². The van der Waals surface area contributed by atoms with Gasteiger partial charge in [0.25, 0.3) is 0 Å². The van der Waals surface area contributed by atoms with E-state index in [1.807, 2.05) is 32.0 Å². The molecule has 0 saturated carbocycles. The van der Waals surface area contributed by atoms with E-state index in [0.717, 1.165) is 18.6 Å². The summed E-state index contributed by atoms with van der Waals surface area (Å²) in [6.07, 6.45) is 1.38. The predicted octanol–water partition coefficient (Wildman–Crippen LogP) is 3.34. The first-order valence-electron chi connectivity index (χ1n) is 5.94. The highest BCUT2D eigenvalue weighted by Crippen LogP contribution is 2.22. The molecule has 0 aliphatic carbocycles. The van der Waals surface area contributed by atoms with E-state index in [0.29, 0.717) is 0 Å². The van der Waals surface area contributed by atoms with Crippen LogP contribution >= 0.6 is 11.8 Å². The summed E-state index contributed by atoms with van der Waals surface area (Å²) in [5.74, 6) is 0.740. The van der Waals surface area contributed by atoms with Gasteiger partial charge in [-0.1, -0.05) is 18.2 Å². The molecule has 0 aliphatic rings. The minimum Gasteiger partial charge on any atom is -0.392 e. The molecule has 0 aromatic heterocycles. The number of hydrogen-bond donors (Lipinski definition) is 1. The molecule has 1 aromatic rings. The molecule has 0 radical (unpaired) electrons. The van der Waals surface area contributed by atoms with Gasteiger partial charge in [-0.05, 0) is 38.8 Å². The normalized spacial score (nSPS) is 13.6. The van der Waals surface area contributed by atoms with Crippen molar-refractivity contribution in [3.63, 3.8) is 0 Å². The van der Waals surface area contributed by atoms with Crippen molar-refractivity contribution in [2.75, 3.05) is 12.9 Å². The topological polar surface area (TPSA) is 29.5 Å². The molecule has 0 amide bonds. The molecule has 1 unspecified atom stereocenters. The smallest absolute Gasteiger partial charge is 0.0635 e. The summed E-state index contributed by atoms with van der Waals surface area (Å²) in [7, 11) is 1.71. The number of ether oxygens (including phenoxy) is 1. The molecule has 1 atom stereocenters. The number of benzene rings is 1. The number of aliphatic hydroxyl groups is 1. The van der Waals surface area contributed by atoms with Crippen molar-refractivity contribution in [2.24, 2.45) is 0 Å². The van der Waals surface area contributed by atoms with Crippen LogP contribution in [0.1, 0.15) is 26.7 Å². The highest BCUT2D eigenvalue weighted by atomic mass is 32.2. The van der Waals surface area contributed by atoms with Gasteiger partial charge in [0.1, 0.15) is 0 Å². The molecule has 0 heterocycles. The standard InChI is InChI=1S/C14H22O2S/c1-14(2,16-3)10-9-12(15)11-17-13-7-5-4-6-8-13/h4-8,12,15H,9-11H2,1-3H3. The summed E-state index contributed by atoms with van der Waals surface area (Å²) in [6.45, 7) is 4.09. The maximum Gasteiger partial charge on any atom is 0.0635 e. The molecule has 2 nitrogen and oxygen atoms in total. The second-order valence-electron chi connectivity index (χ2n) is 4.78. The molecule has 1 aromatic carbocycles. The van der Waals surface area contributed by atoms with E-state index in [4.69, 9.17) is 4.74 Å². The average molecular weight is 254 g/mol. The Morgan fingerprint density at radius 2 is 1.94 bits per heavy atom. The van der Waals surface area contributed by atoms with Crippen molar-refractivity contribution < 1.29 is 9.84 Å². The van der Waals surface area contributed by atoms with E-state index in [1.165, 1.54) is 4.90 Å². The van der Waals surface area contributed by atoms with Crippen molar-refractivity contribution >= 4 is 11.8 Å². The van der Waals surface area contributed by atoms with E-state index in [9.17, 15) is 5.11 Å². The van der Waals surface area contributed by atoms with Crippen LogP contribution in [0.4, 0.5) is 0 Å². The van der Waals surface area contributed by atoms with Gasteiger partial charge in [-0.15, -0.1) is 11.8 Å². The van der Waals surface area contributed by atoms with Gasteiger partial charge in [-0.25, -0.2) is 0 Å². The lowest BCUT2D eigenvalue weighted by Crippen LogP contribution is -2.25. The highest BCUT2D eigenvalue weighted by molar-refractivity contribution is 7.99. The SMILES string of the molecule is COC(C)(C)CCC(O)CSc1ccccc1. The Bertz CT molecular complexity index is 311. The van der Waals surface area contributed by atoms with Gasteiger partial charge >= 0.3 is 0 Å². The zero-order valence-electron chi connectivity index (χ0n) is 10.8. The summed E-state index contributed by atoms with van der Waals surface area (Å²) in [6, 6.07) is 10.2. The molecule has 0 bridgehead atoms. The lowest BCUT2D eigenvalue weighted by Gasteiger charge is -2.24. The molecule has 17 heavy (non-hydrogen) atoms. The quantitative estimate of drug-likeness (QED) is 0.757. The van der Waals surface area contributed by atoms with Gasteiger partial charge < -0.3 is 9.84 Å². The lowest BCUT2D eigenvalue weighted by molar-refractivity contribution is 0.00494. The van der Waals surface area contributed by atoms with E-state index in [2.05, 4.69) is 12.1 Å². The van der Waals surface area contributed by atoms with E-state index in [1.54, 1.807) is 18.9 Å². The Hall–Kier alpha value is -0.510. The number of aliphatic hydroxyl groups excluding tert-OH is 1. The number of rotatable bonds is 7. The van der Waals surface area contributed by atoms with Gasteiger partial charge in [-0.2, -0.15) is 0 Å². The van der Waals surface area contributed by atoms with Crippen LogP contribution in [0.25, 0.3) is 0 Å². The van der Waals surface area contributed by atoms with Gasteiger partial charge in [0.05, 0.1) is 11.7 Å². The van der Waals surface area contributed by atoms with Gasteiger partial charge in [0, 0.05) is 17.8 Å². The third-order valence-corrected chi connectivity index (χ3v) is 3.97. The molecule has 1 N–H and O–H groups in total. The molecule has 96 valence electrons. The summed E-state index contributed by atoms with van der Waals surface area (Å²) in [5.41, 5.74) is -0.140. The zero-order valence-corrected chi connectivity index (χ0v) is 11.7. The molecular formula is C14H22O2S. The Balaban J connectivity index is 2.24. The Labute approximate surface area is 108 Å². The third-order valence-electron chi connectivity index (χ3n) is 2.82. The molecule has 0 aliphatic heterocycles. The Morgan fingerprint density at radius 3 is 2.53 bits per heavy atom. The van der Waals surface area contributed by atoms with Crippen LogP contribution in [0.5, 0.6) is 0 Å². The van der Waals surface area contributed by atoms with Gasteiger partial charge in [-0.3, -0.25) is 0 Å². The minimum absolute atomic E-state index is 0.140. The molecule has 0 saturated heterocycles. The largest absolute Gasteiger partial charge is 0.392 e. The van der Waals surface area contributed by atoms with E-state index in [-0.39, 0.29) is 11.7 Å². The summed E-state index contributed by atoms with van der Waals surface area (Å²) in [4.78, 5) is 1.21. The fourth-order valence-corrected chi connectivity index (χ4v) is 2.31. The van der Waals surface area contributed by atoms with Crippen LogP contribution in [-0.4, -0.2) is 29.7 Å². The maximum atomic E-state index is 9.89. The van der Waals surface area contributed by atoms with Crippen LogP contribution in [0.3, 0.4) is 0 Å². The monoisotopic (exact) mass is 254 g/mol. The molecule has 1 rings (SSSR count). The van der Waals surface area contributed by atoms with Gasteiger partial charge in [0.15, 0.2) is 0 Å². The summed E-state index contributed by atoms with van der Waals surface area (Å²) < 4.78 is 5.33. The first-order valence-corrected chi connectivity index (χ1v) is 6.93. The number of methoxy groups -OCH3 is 1. The third kappa shape index (κ3) is 6.10. The van der Waals surface area contributed by atoms with Crippen LogP contribution in [0.15, 0.2) is 35.2 Å². The Morgan fingerprint density at radius 1 is 1.29 bits per heavy atom. The van der Waals surface area contributed by atoms with Crippen molar-refractivity contribution in [1.29, 1.82) is 0 Å². The van der Waals surface area contributed by atoms with Crippen LogP contribution < -0.4 is 0 Å². The minimum atomic E-state index is -0.269. The predicted molar refractivity (Wildman–Crippen MR) is 73.5 cm³/mol. The van der Waals surface area contributed by atoms with Crippen molar-refractivity contribution in [3.8, 4) is 0 Å². The van der Waals surface area contributed by atoms with Crippen molar-refractivity contribution in [2.45, 2.75) is 43.3 Å². The summed E-state index contributed by atoms with van der Waals surface area (Å²) >= 11 is 1.70. The van der Waals surface area contributed by atoms with Crippen LogP contribution in [0, 0.1) is 0 Å². The van der Waals surface area contributed by atoms with Gasteiger partial charge in [0.2, 0.25) is 0 Å². The molecule has 3 heteroatoms. The average Bonchev–Trinajstić information content (AvgIpc) is 2.35. The fourth-order valence-electron chi connectivity index (χ4n) is 1.41.